The van der Waals surface area contributed by atoms with Crippen LogP contribution in [0, 0.1) is 0 Å². The van der Waals surface area contributed by atoms with Gasteiger partial charge >= 0.3 is 0 Å². The molecule has 0 atom stereocenters. The number of amides is 1. The Kier molecular flexibility index (Phi) is 6.18. The number of hydrazine groups is 1. The number of nitrogens with one attached hydrogen (secondary N) is 3. The van der Waals surface area contributed by atoms with Gasteiger partial charge in [-0.25, -0.2) is 0 Å². The number of carbonyl (C=O) groups is 1. The first-order valence-corrected chi connectivity index (χ1v) is 6.08. The van der Waals surface area contributed by atoms with Gasteiger partial charge in [-0.05, 0) is 29.9 Å². The average Bonchev–Trinajstić information content (AvgIpc) is 2.36. The molecule has 0 unspecified atom stereocenters. The minimum Gasteiger partial charge on any atom is -0.358 e. The van der Waals surface area contributed by atoms with E-state index >= 15 is 0 Å². The highest BCUT2D eigenvalue weighted by Crippen LogP contribution is 2.09. The van der Waals surface area contributed by atoms with Gasteiger partial charge in [-0.2, -0.15) is 0 Å². The Labute approximate surface area is 116 Å². The third-order valence-electron chi connectivity index (χ3n) is 2.00. The molecule has 6 heteroatoms. The first-order chi connectivity index (χ1) is 8.61. The summed E-state index contributed by atoms with van der Waals surface area (Å²) in [4.78, 5) is 11.6. The van der Waals surface area contributed by atoms with Crippen LogP contribution >= 0.6 is 23.8 Å². The van der Waals surface area contributed by atoms with Crippen molar-refractivity contribution in [1.29, 1.82) is 0 Å². The van der Waals surface area contributed by atoms with Gasteiger partial charge in [-0.1, -0.05) is 29.8 Å². The molecule has 0 bridgehead atoms. The normalized spacial score (nSPS) is 9.39. The average molecular weight is 284 g/mol. The third kappa shape index (κ3) is 5.65. The molecule has 0 aliphatic rings. The van der Waals surface area contributed by atoms with Gasteiger partial charge in [0.2, 0.25) is 5.91 Å². The first-order valence-electron chi connectivity index (χ1n) is 5.30. The molecule has 0 aliphatic carbocycles. The molecule has 0 saturated carbocycles. The number of hydrogen-bond donors (Lipinski definition) is 3. The zero-order valence-corrected chi connectivity index (χ0v) is 11.3. The minimum absolute atomic E-state index is 0.180. The number of halogens is 1. The maximum absolute atomic E-state index is 11.6. The van der Waals surface area contributed by atoms with Crippen LogP contribution in [0.15, 0.2) is 36.9 Å². The van der Waals surface area contributed by atoms with Crippen LogP contribution in [0.5, 0.6) is 0 Å². The molecule has 0 radical (unpaired) electrons. The van der Waals surface area contributed by atoms with Crippen molar-refractivity contribution in [3.63, 3.8) is 0 Å². The maximum atomic E-state index is 11.6. The molecule has 0 aliphatic heterocycles. The Hall–Kier alpha value is -1.59. The van der Waals surface area contributed by atoms with Crippen LogP contribution in [-0.2, 0) is 11.2 Å². The molecule has 4 nitrogen and oxygen atoms in total. The Bertz CT molecular complexity index is 433. The van der Waals surface area contributed by atoms with Crippen molar-refractivity contribution < 1.29 is 4.79 Å². The van der Waals surface area contributed by atoms with Gasteiger partial charge in [0.25, 0.3) is 0 Å². The Morgan fingerprint density at radius 3 is 2.61 bits per heavy atom. The first kappa shape index (κ1) is 14.5. The van der Waals surface area contributed by atoms with Gasteiger partial charge in [0.05, 0.1) is 6.42 Å². The molecule has 1 rings (SSSR count). The fraction of sp³-hybridized carbons (Fsp3) is 0.167. The summed E-state index contributed by atoms with van der Waals surface area (Å²) < 4.78 is 0. The highest BCUT2D eigenvalue weighted by Gasteiger charge is 2.03. The number of carbonyl (C=O) groups excluding carboxylic acids is 1. The summed E-state index contributed by atoms with van der Waals surface area (Å²) in [7, 11) is 0. The predicted molar refractivity (Wildman–Crippen MR) is 77.2 cm³/mol. The van der Waals surface area contributed by atoms with Crippen molar-refractivity contribution in [3.8, 4) is 0 Å². The summed E-state index contributed by atoms with van der Waals surface area (Å²) >= 11 is 10.7. The van der Waals surface area contributed by atoms with Gasteiger partial charge in [-0.3, -0.25) is 15.6 Å². The lowest BCUT2D eigenvalue weighted by molar-refractivity contribution is -0.121. The van der Waals surface area contributed by atoms with Crippen LogP contribution in [-0.4, -0.2) is 17.6 Å². The van der Waals surface area contributed by atoms with Gasteiger partial charge in [0.15, 0.2) is 5.11 Å². The highest BCUT2D eigenvalue weighted by atomic mass is 35.5. The predicted octanol–water partition coefficient (Wildman–Crippen LogP) is 1.56. The molecule has 0 spiro atoms. The largest absolute Gasteiger partial charge is 0.358 e. The quantitative estimate of drug-likeness (QED) is 0.446. The summed E-state index contributed by atoms with van der Waals surface area (Å²) in [5.74, 6) is -0.180. The van der Waals surface area contributed by atoms with Crippen molar-refractivity contribution in [2.24, 2.45) is 0 Å². The van der Waals surface area contributed by atoms with E-state index in [1.54, 1.807) is 30.3 Å². The Balaban J connectivity index is 2.31. The zero-order chi connectivity index (χ0) is 13.4. The summed E-state index contributed by atoms with van der Waals surface area (Å²) in [5, 5.41) is 3.82. The standard InChI is InChI=1S/C12H14ClN3OS/c1-2-7-14-12(18)16-15-11(17)8-9-3-5-10(13)6-4-9/h2-6H,1,7-8H2,(H,15,17)(H2,14,16,18). The number of rotatable bonds is 4. The van der Waals surface area contributed by atoms with Crippen molar-refractivity contribution in [2.75, 3.05) is 6.54 Å². The van der Waals surface area contributed by atoms with E-state index in [1.807, 2.05) is 0 Å². The van der Waals surface area contributed by atoms with Crippen molar-refractivity contribution in [1.82, 2.24) is 16.2 Å². The van der Waals surface area contributed by atoms with E-state index < -0.39 is 0 Å². The zero-order valence-electron chi connectivity index (χ0n) is 9.70. The molecule has 1 amide bonds. The van der Waals surface area contributed by atoms with E-state index in [0.29, 0.717) is 16.7 Å². The summed E-state index contributed by atoms with van der Waals surface area (Å²) in [6.45, 7) is 4.08. The second-order valence-electron chi connectivity index (χ2n) is 3.48. The van der Waals surface area contributed by atoms with Crippen LogP contribution in [0.2, 0.25) is 5.02 Å². The second-order valence-corrected chi connectivity index (χ2v) is 4.32. The topological polar surface area (TPSA) is 53.2 Å². The number of hydrogen-bond acceptors (Lipinski definition) is 2. The lowest BCUT2D eigenvalue weighted by Crippen LogP contribution is -2.47. The smallest absolute Gasteiger partial charge is 0.242 e. The van der Waals surface area contributed by atoms with Crippen molar-refractivity contribution >= 4 is 34.8 Å². The van der Waals surface area contributed by atoms with E-state index in [2.05, 4.69) is 22.7 Å². The van der Waals surface area contributed by atoms with Gasteiger partial charge in [0, 0.05) is 11.6 Å². The van der Waals surface area contributed by atoms with E-state index in [0.717, 1.165) is 5.56 Å². The minimum atomic E-state index is -0.180. The molecule has 0 heterocycles. The fourth-order valence-corrected chi connectivity index (χ4v) is 1.43. The van der Waals surface area contributed by atoms with E-state index in [-0.39, 0.29) is 12.3 Å². The highest BCUT2D eigenvalue weighted by molar-refractivity contribution is 7.80. The third-order valence-corrected chi connectivity index (χ3v) is 2.50. The van der Waals surface area contributed by atoms with Gasteiger partial charge in [-0.15, -0.1) is 6.58 Å². The molecule has 3 N–H and O–H groups in total. The van der Waals surface area contributed by atoms with Crippen LogP contribution in [0.4, 0.5) is 0 Å². The molecule has 0 fully saturated rings. The monoisotopic (exact) mass is 283 g/mol. The number of benzene rings is 1. The van der Waals surface area contributed by atoms with Crippen molar-refractivity contribution in [2.45, 2.75) is 6.42 Å². The lowest BCUT2D eigenvalue weighted by atomic mass is 10.1. The maximum Gasteiger partial charge on any atom is 0.242 e. The Morgan fingerprint density at radius 1 is 1.33 bits per heavy atom. The van der Waals surface area contributed by atoms with Crippen LogP contribution in [0.1, 0.15) is 5.56 Å². The molecule has 1 aromatic carbocycles. The summed E-state index contributed by atoms with van der Waals surface area (Å²) in [5.41, 5.74) is 5.97. The van der Waals surface area contributed by atoms with Gasteiger partial charge in [0.1, 0.15) is 0 Å². The van der Waals surface area contributed by atoms with E-state index in [1.165, 1.54) is 0 Å². The van der Waals surface area contributed by atoms with Gasteiger partial charge < -0.3 is 5.32 Å². The molecule has 0 saturated heterocycles. The fourth-order valence-electron chi connectivity index (χ4n) is 1.17. The number of thiocarbonyl (C=S) groups is 1. The van der Waals surface area contributed by atoms with Crippen LogP contribution in [0.3, 0.4) is 0 Å². The van der Waals surface area contributed by atoms with E-state index in [4.69, 9.17) is 23.8 Å². The van der Waals surface area contributed by atoms with Crippen LogP contribution < -0.4 is 16.2 Å². The van der Waals surface area contributed by atoms with Crippen LogP contribution in [0.25, 0.3) is 0 Å². The van der Waals surface area contributed by atoms with Crippen molar-refractivity contribution in [3.05, 3.63) is 47.5 Å². The molecular formula is C12H14ClN3OS. The summed E-state index contributed by atoms with van der Waals surface area (Å²) in [6.07, 6.45) is 1.93. The molecule has 1 aromatic rings. The molecular weight excluding hydrogens is 270 g/mol. The molecule has 0 aromatic heterocycles. The summed E-state index contributed by atoms with van der Waals surface area (Å²) in [6, 6.07) is 7.09. The van der Waals surface area contributed by atoms with E-state index in [9.17, 15) is 4.79 Å². The SMILES string of the molecule is C=CCNC(=S)NNC(=O)Cc1ccc(Cl)cc1. The Morgan fingerprint density at radius 2 is 2.00 bits per heavy atom. The molecule has 96 valence electrons. The second kappa shape index (κ2) is 7.68. The lowest BCUT2D eigenvalue weighted by Gasteiger charge is -2.10. The molecule has 18 heavy (non-hydrogen) atoms.